The highest BCUT2D eigenvalue weighted by Gasteiger charge is 2.19. The summed E-state index contributed by atoms with van der Waals surface area (Å²) in [6.07, 6.45) is 6.63. The van der Waals surface area contributed by atoms with Gasteiger partial charge in [-0.2, -0.15) is 0 Å². The van der Waals surface area contributed by atoms with Crippen LogP contribution in [-0.4, -0.2) is 11.5 Å². The molecule has 0 unspecified atom stereocenters. The van der Waals surface area contributed by atoms with E-state index >= 15 is 0 Å². The second-order valence-electron chi connectivity index (χ2n) is 4.14. The maximum absolute atomic E-state index is 5.14. The van der Waals surface area contributed by atoms with Crippen LogP contribution in [-0.2, 0) is 0 Å². The molecular weight excluding hydrogens is 202 g/mol. The number of anilines is 1. The predicted octanol–water partition coefficient (Wildman–Crippen LogP) is 3.78. The number of benzene rings is 1. The Balaban J connectivity index is 2.12. The van der Waals surface area contributed by atoms with Crippen molar-refractivity contribution < 1.29 is 0 Å². The van der Waals surface area contributed by atoms with Crippen LogP contribution >= 0.6 is 12.2 Å². The van der Waals surface area contributed by atoms with E-state index in [4.69, 9.17) is 12.2 Å². The molecule has 0 amide bonds. The third-order valence-electron chi connectivity index (χ3n) is 3.14. The number of para-hydroxylation sites is 1. The highest BCUT2D eigenvalue weighted by Crippen LogP contribution is 2.26. The van der Waals surface area contributed by atoms with Gasteiger partial charge in [0.2, 0.25) is 0 Å². The SMILES string of the molecule is S=CN(c1ccccc1)C1CCCCC1. The highest BCUT2D eigenvalue weighted by molar-refractivity contribution is 7.79. The largest absolute Gasteiger partial charge is 0.336 e. The van der Waals surface area contributed by atoms with Gasteiger partial charge in [0.25, 0.3) is 0 Å². The van der Waals surface area contributed by atoms with Gasteiger partial charge in [0, 0.05) is 11.7 Å². The molecule has 1 aromatic rings. The van der Waals surface area contributed by atoms with Crippen LogP contribution in [0.1, 0.15) is 32.1 Å². The first-order valence-corrected chi connectivity index (χ1v) is 6.17. The molecular formula is C13H17NS. The number of thiocarbonyl (C=S) groups is 1. The Morgan fingerprint density at radius 1 is 1.07 bits per heavy atom. The predicted molar refractivity (Wildman–Crippen MR) is 69.4 cm³/mol. The van der Waals surface area contributed by atoms with E-state index in [9.17, 15) is 0 Å². The zero-order valence-corrected chi connectivity index (χ0v) is 9.75. The minimum atomic E-state index is 0.624. The summed E-state index contributed by atoms with van der Waals surface area (Å²) in [4.78, 5) is 2.26. The molecule has 15 heavy (non-hydrogen) atoms. The minimum absolute atomic E-state index is 0.624. The minimum Gasteiger partial charge on any atom is -0.336 e. The quantitative estimate of drug-likeness (QED) is 0.712. The molecule has 0 bridgehead atoms. The molecule has 0 atom stereocenters. The molecule has 1 fully saturated rings. The Kier molecular flexibility index (Phi) is 3.73. The molecule has 0 saturated heterocycles. The molecule has 0 radical (unpaired) electrons. The molecule has 0 spiro atoms. The van der Waals surface area contributed by atoms with Crippen LogP contribution in [0.5, 0.6) is 0 Å². The van der Waals surface area contributed by atoms with Crippen molar-refractivity contribution in [2.75, 3.05) is 4.90 Å². The van der Waals surface area contributed by atoms with Gasteiger partial charge in [0.15, 0.2) is 0 Å². The van der Waals surface area contributed by atoms with Crippen molar-refractivity contribution in [3.8, 4) is 0 Å². The molecule has 1 aliphatic rings. The maximum atomic E-state index is 5.14. The molecule has 0 N–H and O–H groups in total. The molecule has 1 nitrogen and oxygen atoms in total. The van der Waals surface area contributed by atoms with E-state index in [1.54, 1.807) is 0 Å². The van der Waals surface area contributed by atoms with E-state index < -0.39 is 0 Å². The van der Waals surface area contributed by atoms with Crippen molar-refractivity contribution in [2.24, 2.45) is 0 Å². The van der Waals surface area contributed by atoms with Gasteiger partial charge in [-0.1, -0.05) is 49.7 Å². The summed E-state index contributed by atoms with van der Waals surface area (Å²) in [7, 11) is 0. The zero-order chi connectivity index (χ0) is 10.5. The Hall–Kier alpha value is -0.890. The Bertz CT molecular complexity index is 304. The molecule has 2 rings (SSSR count). The fraction of sp³-hybridized carbons (Fsp3) is 0.462. The van der Waals surface area contributed by atoms with Crippen molar-refractivity contribution in [1.29, 1.82) is 0 Å². The molecule has 1 saturated carbocycles. The fourth-order valence-electron chi connectivity index (χ4n) is 2.32. The first-order chi connectivity index (χ1) is 7.42. The summed E-state index contributed by atoms with van der Waals surface area (Å²) >= 11 is 5.14. The fourth-order valence-corrected chi connectivity index (χ4v) is 2.61. The topological polar surface area (TPSA) is 3.24 Å². The number of hydrogen-bond donors (Lipinski definition) is 0. The van der Waals surface area contributed by atoms with Crippen LogP contribution in [0, 0.1) is 0 Å². The zero-order valence-electron chi connectivity index (χ0n) is 8.93. The first kappa shape index (κ1) is 10.6. The summed E-state index contributed by atoms with van der Waals surface area (Å²) in [5.74, 6) is 0. The summed E-state index contributed by atoms with van der Waals surface area (Å²) in [5.41, 5.74) is 3.05. The molecule has 80 valence electrons. The molecule has 2 heteroatoms. The van der Waals surface area contributed by atoms with Crippen molar-refractivity contribution in [2.45, 2.75) is 38.1 Å². The van der Waals surface area contributed by atoms with E-state index in [1.165, 1.54) is 37.8 Å². The second-order valence-corrected chi connectivity index (χ2v) is 4.35. The second kappa shape index (κ2) is 5.26. The molecule has 1 aliphatic carbocycles. The summed E-state index contributed by atoms with van der Waals surface area (Å²) in [6.45, 7) is 0. The lowest BCUT2D eigenvalue weighted by Crippen LogP contribution is -2.35. The summed E-state index contributed by atoms with van der Waals surface area (Å²) < 4.78 is 0. The van der Waals surface area contributed by atoms with Crippen molar-refractivity contribution >= 4 is 23.4 Å². The van der Waals surface area contributed by atoms with Crippen molar-refractivity contribution in [3.05, 3.63) is 30.3 Å². The standard InChI is InChI=1S/C13H17NS/c15-11-14(12-7-3-1-4-8-12)13-9-5-2-6-10-13/h1,3-4,7-8,11,13H,2,5-6,9-10H2. The van der Waals surface area contributed by atoms with E-state index in [0.29, 0.717) is 6.04 Å². The highest BCUT2D eigenvalue weighted by atomic mass is 32.1. The van der Waals surface area contributed by atoms with Gasteiger partial charge in [-0.05, 0) is 25.0 Å². The number of nitrogens with zero attached hydrogens (tertiary/aromatic N) is 1. The van der Waals surface area contributed by atoms with Crippen LogP contribution in [0.3, 0.4) is 0 Å². The lowest BCUT2D eigenvalue weighted by molar-refractivity contribution is 0.442. The van der Waals surface area contributed by atoms with Crippen molar-refractivity contribution in [1.82, 2.24) is 0 Å². The lowest BCUT2D eigenvalue weighted by Gasteiger charge is -2.32. The van der Waals surface area contributed by atoms with Crippen LogP contribution in [0.15, 0.2) is 30.3 Å². The average molecular weight is 219 g/mol. The molecule has 0 aliphatic heterocycles. The van der Waals surface area contributed by atoms with E-state index in [2.05, 4.69) is 29.2 Å². The Labute approximate surface area is 97.1 Å². The Morgan fingerprint density at radius 3 is 2.33 bits per heavy atom. The van der Waals surface area contributed by atoms with E-state index in [0.717, 1.165) is 0 Å². The first-order valence-electron chi connectivity index (χ1n) is 5.70. The molecule has 0 aromatic heterocycles. The normalized spacial score (nSPS) is 17.3. The molecule has 1 aromatic carbocycles. The van der Waals surface area contributed by atoms with Gasteiger partial charge in [0.05, 0.1) is 5.49 Å². The van der Waals surface area contributed by atoms with Gasteiger partial charge in [-0.3, -0.25) is 0 Å². The number of rotatable bonds is 3. The van der Waals surface area contributed by atoms with Gasteiger partial charge in [-0.15, -0.1) is 0 Å². The van der Waals surface area contributed by atoms with Crippen LogP contribution in [0.25, 0.3) is 0 Å². The van der Waals surface area contributed by atoms with E-state index in [-0.39, 0.29) is 0 Å². The van der Waals surface area contributed by atoms with Gasteiger partial charge in [0.1, 0.15) is 0 Å². The average Bonchev–Trinajstić information content (AvgIpc) is 2.33. The maximum Gasteiger partial charge on any atom is 0.0688 e. The smallest absolute Gasteiger partial charge is 0.0688 e. The van der Waals surface area contributed by atoms with Crippen molar-refractivity contribution in [3.63, 3.8) is 0 Å². The monoisotopic (exact) mass is 219 g/mol. The summed E-state index contributed by atoms with van der Waals surface area (Å²) in [6, 6.07) is 11.1. The van der Waals surface area contributed by atoms with Gasteiger partial charge >= 0.3 is 0 Å². The third kappa shape index (κ3) is 2.57. The number of hydrogen-bond acceptors (Lipinski definition) is 1. The van der Waals surface area contributed by atoms with Crippen LogP contribution in [0.4, 0.5) is 5.69 Å². The van der Waals surface area contributed by atoms with Crippen LogP contribution in [0.2, 0.25) is 0 Å². The van der Waals surface area contributed by atoms with Crippen LogP contribution < -0.4 is 4.90 Å². The Morgan fingerprint density at radius 2 is 1.73 bits per heavy atom. The van der Waals surface area contributed by atoms with Gasteiger partial charge in [-0.25, -0.2) is 0 Å². The lowest BCUT2D eigenvalue weighted by atomic mass is 9.94. The molecule has 0 heterocycles. The summed E-state index contributed by atoms with van der Waals surface area (Å²) in [5, 5.41) is 0. The van der Waals surface area contributed by atoms with Gasteiger partial charge < -0.3 is 4.90 Å². The third-order valence-corrected chi connectivity index (χ3v) is 3.36. The van der Waals surface area contributed by atoms with E-state index in [1.807, 2.05) is 11.6 Å².